The van der Waals surface area contributed by atoms with Gasteiger partial charge in [-0.1, -0.05) is 0 Å². The lowest BCUT2D eigenvalue weighted by Crippen LogP contribution is -2.23. The van der Waals surface area contributed by atoms with Gasteiger partial charge >= 0.3 is 0 Å². The highest BCUT2D eigenvalue weighted by molar-refractivity contribution is 5.19. The second-order valence-corrected chi connectivity index (χ2v) is 2.17. The molecule has 56 valence electrons. The molecule has 0 aromatic rings. The lowest BCUT2D eigenvalue weighted by Gasteiger charge is -2.08. The Bertz CT molecular complexity index is 152. The average Bonchev–Trinajstić information content (AvgIpc) is 2.03. The van der Waals surface area contributed by atoms with E-state index in [4.69, 9.17) is 5.11 Å². The summed E-state index contributed by atoms with van der Waals surface area (Å²) >= 11 is 0. The van der Waals surface area contributed by atoms with Gasteiger partial charge in [-0.15, -0.1) is 0 Å². The second-order valence-electron chi connectivity index (χ2n) is 2.17. The standard InChI is InChI=1S/C7H12N2O/c10-5-1-2-7-3-4-8-9-6-7/h3-4,6,8-10H,1-2,5H2. The zero-order valence-corrected chi connectivity index (χ0v) is 5.80. The van der Waals surface area contributed by atoms with E-state index >= 15 is 0 Å². The van der Waals surface area contributed by atoms with Gasteiger partial charge in [-0.2, -0.15) is 0 Å². The van der Waals surface area contributed by atoms with Gasteiger partial charge in [0.2, 0.25) is 0 Å². The van der Waals surface area contributed by atoms with Gasteiger partial charge in [-0.25, -0.2) is 0 Å². The highest BCUT2D eigenvalue weighted by Crippen LogP contribution is 2.05. The molecule has 10 heavy (non-hydrogen) atoms. The Morgan fingerprint density at radius 3 is 2.90 bits per heavy atom. The SMILES string of the molecule is OCCCC1=CNNC=C1. The Balaban J connectivity index is 2.26. The summed E-state index contributed by atoms with van der Waals surface area (Å²) < 4.78 is 0. The van der Waals surface area contributed by atoms with Gasteiger partial charge in [-0.3, -0.25) is 0 Å². The van der Waals surface area contributed by atoms with Crippen LogP contribution in [0.3, 0.4) is 0 Å². The van der Waals surface area contributed by atoms with Crippen molar-refractivity contribution in [2.75, 3.05) is 6.61 Å². The maximum absolute atomic E-state index is 8.51. The predicted octanol–water partition coefficient (Wildman–Crippen LogP) is 0.264. The van der Waals surface area contributed by atoms with Crippen LogP contribution < -0.4 is 10.9 Å². The minimum atomic E-state index is 0.263. The molecule has 0 aliphatic carbocycles. The van der Waals surface area contributed by atoms with Crippen molar-refractivity contribution in [3.05, 3.63) is 24.0 Å². The molecule has 1 aliphatic rings. The van der Waals surface area contributed by atoms with E-state index in [9.17, 15) is 0 Å². The Hall–Kier alpha value is -0.960. The summed E-state index contributed by atoms with van der Waals surface area (Å²) in [6.45, 7) is 0.263. The van der Waals surface area contributed by atoms with Crippen LogP contribution in [0.2, 0.25) is 0 Å². The summed E-state index contributed by atoms with van der Waals surface area (Å²) in [5.41, 5.74) is 6.90. The minimum absolute atomic E-state index is 0.263. The third-order valence-corrected chi connectivity index (χ3v) is 1.35. The molecule has 0 saturated heterocycles. The Kier molecular flexibility index (Phi) is 2.83. The molecular weight excluding hydrogens is 128 g/mol. The van der Waals surface area contributed by atoms with Crippen molar-refractivity contribution in [2.45, 2.75) is 12.8 Å². The van der Waals surface area contributed by atoms with E-state index in [1.54, 1.807) is 0 Å². The molecule has 0 atom stereocenters. The molecule has 0 bridgehead atoms. The monoisotopic (exact) mass is 140 g/mol. The molecular formula is C7H12N2O. The molecule has 0 fully saturated rings. The van der Waals surface area contributed by atoms with Gasteiger partial charge < -0.3 is 16.0 Å². The van der Waals surface area contributed by atoms with Gasteiger partial charge in [0.25, 0.3) is 0 Å². The fourth-order valence-electron chi connectivity index (χ4n) is 0.818. The van der Waals surface area contributed by atoms with Gasteiger partial charge in [0.15, 0.2) is 0 Å². The Morgan fingerprint density at radius 1 is 1.40 bits per heavy atom. The lowest BCUT2D eigenvalue weighted by molar-refractivity contribution is 0.288. The molecule has 1 rings (SSSR count). The Labute approximate surface area is 60.4 Å². The largest absolute Gasteiger partial charge is 0.396 e. The topological polar surface area (TPSA) is 44.3 Å². The van der Waals surface area contributed by atoms with Crippen LogP contribution in [0.5, 0.6) is 0 Å². The van der Waals surface area contributed by atoms with Crippen molar-refractivity contribution in [1.29, 1.82) is 0 Å². The van der Waals surface area contributed by atoms with Crippen molar-refractivity contribution < 1.29 is 5.11 Å². The van der Waals surface area contributed by atoms with Gasteiger partial charge in [-0.05, 0) is 24.5 Å². The molecule has 1 heterocycles. The molecule has 0 radical (unpaired) electrons. The van der Waals surface area contributed by atoms with E-state index in [2.05, 4.69) is 10.9 Å². The van der Waals surface area contributed by atoms with E-state index in [0.717, 1.165) is 12.8 Å². The molecule has 3 N–H and O–H groups in total. The van der Waals surface area contributed by atoms with E-state index in [1.165, 1.54) is 5.57 Å². The summed E-state index contributed by atoms with van der Waals surface area (Å²) in [7, 11) is 0. The van der Waals surface area contributed by atoms with Crippen LogP contribution in [0.15, 0.2) is 24.0 Å². The average molecular weight is 140 g/mol. The zero-order valence-electron chi connectivity index (χ0n) is 5.80. The third kappa shape index (κ3) is 2.11. The first-order valence-electron chi connectivity index (χ1n) is 3.41. The Morgan fingerprint density at radius 2 is 2.30 bits per heavy atom. The number of hydrazine groups is 1. The van der Waals surface area contributed by atoms with Gasteiger partial charge in [0.1, 0.15) is 0 Å². The molecule has 0 amide bonds. The molecule has 0 aromatic carbocycles. The van der Waals surface area contributed by atoms with E-state index < -0.39 is 0 Å². The molecule has 0 spiro atoms. The summed E-state index contributed by atoms with van der Waals surface area (Å²) in [6, 6.07) is 0. The van der Waals surface area contributed by atoms with Gasteiger partial charge in [0, 0.05) is 19.0 Å². The summed E-state index contributed by atoms with van der Waals surface area (Å²) in [5, 5.41) is 8.51. The number of hydrogen-bond donors (Lipinski definition) is 3. The van der Waals surface area contributed by atoms with Crippen LogP contribution in [0, 0.1) is 0 Å². The number of rotatable bonds is 3. The van der Waals surface area contributed by atoms with Crippen LogP contribution >= 0.6 is 0 Å². The molecule has 0 aromatic heterocycles. The first-order chi connectivity index (χ1) is 4.93. The van der Waals surface area contributed by atoms with Crippen molar-refractivity contribution in [3.8, 4) is 0 Å². The summed E-state index contributed by atoms with van der Waals surface area (Å²) in [5.74, 6) is 0. The number of aliphatic hydroxyl groups is 1. The normalized spacial score (nSPS) is 15.5. The highest BCUT2D eigenvalue weighted by atomic mass is 16.2. The van der Waals surface area contributed by atoms with E-state index in [0.29, 0.717) is 0 Å². The smallest absolute Gasteiger partial charge is 0.0434 e. The third-order valence-electron chi connectivity index (χ3n) is 1.35. The van der Waals surface area contributed by atoms with Gasteiger partial charge in [0.05, 0.1) is 0 Å². The van der Waals surface area contributed by atoms with Crippen LogP contribution in [0.4, 0.5) is 0 Å². The van der Waals surface area contributed by atoms with E-state index in [-0.39, 0.29) is 6.61 Å². The highest BCUT2D eigenvalue weighted by Gasteiger charge is 1.94. The number of hydrogen-bond acceptors (Lipinski definition) is 3. The first-order valence-corrected chi connectivity index (χ1v) is 3.41. The maximum Gasteiger partial charge on any atom is 0.0434 e. The van der Waals surface area contributed by atoms with Crippen molar-refractivity contribution in [2.24, 2.45) is 0 Å². The number of aliphatic hydroxyl groups excluding tert-OH is 1. The van der Waals surface area contributed by atoms with Crippen molar-refractivity contribution >= 4 is 0 Å². The quantitative estimate of drug-likeness (QED) is 0.527. The maximum atomic E-state index is 8.51. The molecule has 0 unspecified atom stereocenters. The van der Waals surface area contributed by atoms with Crippen LogP contribution in [-0.4, -0.2) is 11.7 Å². The molecule has 3 heteroatoms. The minimum Gasteiger partial charge on any atom is -0.396 e. The summed E-state index contributed by atoms with van der Waals surface area (Å²) in [4.78, 5) is 0. The zero-order chi connectivity index (χ0) is 7.23. The van der Waals surface area contributed by atoms with Crippen molar-refractivity contribution in [3.63, 3.8) is 0 Å². The van der Waals surface area contributed by atoms with E-state index in [1.807, 2.05) is 18.5 Å². The van der Waals surface area contributed by atoms with Crippen LogP contribution in [-0.2, 0) is 0 Å². The first kappa shape index (κ1) is 7.15. The van der Waals surface area contributed by atoms with Crippen molar-refractivity contribution in [1.82, 2.24) is 10.9 Å². The fourth-order valence-corrected chi connectivity index (χ4v) is 0.818. The number of allylic oxidation sites excluding steroid dienone is 2. The predicted molar refractivity (Wildman–Crippen MR) is 39.8 cm³/mol. The van der Waals surface area contributed by atoms with Crippen LogP contribution in [0.1, 0.15) is 12.8 Å². The summed E-state index contributed by atoms with van der Waals surface area (Å²) in [6.07, 6.45) is 7.49. The van der Waals surface area contributed by atoms with Crippen LogP contribution in [0.25, 0.3) is 0 Å². The molecule has 0 saturated carbocycles. The fraction of sp³-hybridized carbons (Fsp3) is 0.429. The molecule has 3 nitrogen and oxygen atoms in total. The number of nitrogens with one attached hydrogen (secondary N) is 2. The molecule has 1 aliphatic heterocycles. The lowest BCUT2D eigenvalue weighted by atomic mass is 10.1. The second kappa shape index (κ2) is 3.95.